The Bertz CT molecular complexity index is 1550. The summed E-state index contributed by atoms with van der Waals surface area (Å²) in [6.45, 7) is 8.87. The molecule has 0 N–H and O–H groups in total. The highest BCUT2D eigenvalue weighted by molar-refractivity contribution is 6.20. The summed E-state index contributed by atoms with van der Waals surface area (Å²) in [7, 11) is 3.34. The number of benzene rings is 2. The predicted molar refractivity (Wildman–Crippen MR) is 189 cm³/mol. The highest BCUT2D eigenvalue weighted by Gasteiger charge is 2.45. The zero-order valence-corrected chi connectivity index (χ0v) is 29.4. The Hall–Kier alpha value is -3.86. The Labute approximate surface area is 289 Å². The normalized spacial score (nSPS) is 15.4. The number of methoxy groups -OCH3 is 1. The van der Waals surface area contributed by atoms with E-state index in [4.69, 9.17) is 9.47 Å². The lowest BCUT2D eigenvalue weighted by Crippen LogP contribution is -2.47. The molecule has 12 heteroatoms. The van der Waals surface area contributed by atoms with E-state index in [2.05, 4.69) is 16.0 Å². The third-order valence-electron chi connectivity index (χ3n) is 8.68. The summed E-state index contributed by atoms with van der Waals surface area (Å²) in [6, 6.07) is 15.5. The maximum Gasteiger partial charge on any atom is 0.242 e. The van der Waals surface area contributed by atoms with Crippen molar-refractivity contribution in [3.8, 4) is 11.5 Å². The molecule has 3 heterocycles. The van der Waals surface area contributed by atoms with Crippen LogP contribution in [0.3, 0.4) is 0 Å². The van der Waals surface area contributed by atoms with Gasteiger partial charge in [-0.05, 0) is 69.0 Å². The maximum absolute atomic E-state index is 13.2. The molecule has 0 spiro atoms. The molecule has 3 amide bonds. The number of hydrogen-bond donors (Lipinski definition) is 0. The minimum absolute atomic E-state index is 0. The van der Waals surface area contributed by atoms with E-state index in [9.17, 15) is 14.4 Å². The minimum Gasteiger partial charge on any atom is -0.497 e. The number of aromatic nitrogens is 1. The van der Waals surface area contributed by atoms with Crippen LogP contribution in [0.1, 0.15) is 44.7 Å². The number of carbonyl (C=O) groups is 3. The van der Waals surface area contributed by atoms with Crippen molar-refractivity contribution in [2.24, 2.45) is 5.41 Å². The number of fused-ring (bicyclic) bond motifs is 2. The summed E-state index contributed by atoms with van der Waals surface area (Å²) in [5.41, 5.74) is 3.38. The Balaban J connectivity index is 0.00000300. The van der Waals surface area contributed by atoms with E-state index >= 15 is 0 Å². The second kappa shape index (κ2) is 16.3. The van der Waals surface area contributed by atoms with Crippen molar-refractivity contribution < 1.29 is 23.9 Å². The van der Waals surface area contributed by atoms with Crippen molar-refractivity contribution in [3.63, 3.8) is 0 Å². The van der Waals surface area contributed by atoms with Gasteiger partial charge in [0, 0.05) is 70.7 Å². The molecule has 2 aliphatic rings. The SMILES string of the molecule is CCN1C(=O)C(C)(C)C(=O)N(C)c2cc(OCCCN(CCN3C(=O)CCc4ccc(OC)cc43)Cc3cccnc3)ccc21.Cl.Cl. The van der Waals surface area contributed by atoms with Gasteiger partial charge in [0.15, 0.2) is 0 Å². The zero-order chi connectivity index (χ0) is 32.1. The third-order valence-corrected chi connectivity index (χ3v) is 8.68. The lowest BCUT2D eigenvalue weighted by atomic mass is 9.90. The van der Waals surface area contributed by atoms with Crippen molar-refractivity contribution in [2.45, 2.75) is 46.6 Å². The first-order valence-corrected chi connectivity index (χ1v) is 15.6. The number of anilines is 3. The van der Waals surface area contributed by atoms with Crippen LogP contribution in [0, 0.1) is 5.41 Å². The fourth-order valence-corrected chi connectivity index (χ4v) is 6.10. The average Bonchev–Trinajstić information content (AvgIpc) is 3.10. The number of carbonyl (C=O) groups excluding carboxylic acids is 3. The standard InChI is InChI=1S/C35H43N5O5.2ClH/c1-6-39-29-14-13-28(22-31(29)37(4)33(42)35(2,3)34(39)43)45-20-8-17-38(24-25-9-7-16-36-23-25)18-19-40-30-21-27(44-5)12-10-26(30)11-15-32(40)41;;/h7,9-10,12-14,16,21-23H,6,8,11,15,17-20,24H2,1-5H3;2*1H. The van der Waals surface area contributed by atoms with Gasteiger partial charge in [0.2, 0.25) is 17.7 Å². The van der Waals surface area contributed by atoms with E-state index < -0.39 is 5.41 Å². The average molecular weight is 687 g/mol. The molecule has 5 rings (SSSR count). The van der Waals surface area contributed by atoms with E-state index in [0.29, 0.717) is 56.3 Å². The summed E-state index contributed by atoms with van der Waals surface area (Å²) in [4.78, 5) is 51.1. The fourth-order valence-electron chi connectivity index (χ4n) is 6.10. The van der Waals surface area contributed by atoms with Crippen LogP contribution in [0.25, 0.3) is 0 Å². The molecule has 10 nitrogen and oxygen atoms in total. The van der Waals surface area contributed by atoms with E-state index in [1.54, 1.807) is 44.0 Å². The van der Waals surface area contributed by atoms with Crippen molar-refractivity contribution in [3.05, 3.63) is 72.1 Å². The molecule has 0 aliphatic carbocycles. The van der Waals surface area contributed by atoms with Crippen molar-refractivity contribution in [1.82, 2.24) is 9.88 Å². The van der Waals surface area contributed by atoms with Crippen molar-refractivity contribution >= 4 is 59.6 Å². The van der Waals surface area contributed by atoms with E-state index in [1.807, 2.05) is 60.5 Å². The van der Waals surface area contributed by atoms with Gasteiger partial charge in [0.05, 0.1) is 30.8 Å². The largest absolute Gasteiger partial charge is 0.497 e. The number of pyridine rings is 1. The molecule has 2 aromatic carbocycles. The van der Waals surface area contributed by atoms with Crippen LogP contribution >= 0.6 is 24.8 Å². The molecule has 0 unspecified atom stereocenters. The Morgan fingerprint density at radius 1 is 0.894 bits per heavy atom. The Morgan fingerprint density at radius 3 is 2.34 bits per heavy atom. The number of aryl methyl sites for hydroxylation is 1. The number of nitrogens with zero attached hydrogens (tertiary/aromatic N) is 5. The molecule has 3 aromatic rings. The third kappa shape index (κ3) is 8.17. The van der Waals surface area contributed by atoms with E-state index in [0.717, 1.165) is 42.0 Å². The summed E-state index contributed by atoms with van der Waals surface area (Å²) in [5.74, 6) is 1.04. The first-order chi connectivity index (χ1) is 21.6. The first-order valence-electron chi connectivity index (χ1n) is 15.6. The zero-order valence-electron chi connectivity index (χ0n) is 27.7. The van der Waals surface area contributed by atoms with Gasteiger partial charge in [-0.1, -0.05) is 12.1 Å². The van der Waals surface area contributed by atoms with Crippen LogP contribution in [0.15, 0.2) is 60.9 Å². The maximum atomic E-state index is 13.2. The smallest absolute Gasteiger partial charge is 0.242 e. The van der Waals surface area contributed by atoms with Crippen LogP contribution in [0.4, 0.5) is 17.1 Å². The second-order valence-electron chi connectivity index (χ2n) is 12.1. The summed E-state index contributed by atoms with van der Waals surface area (Å²) < 4.78 is 11.6. The molecule has 0 radical (unpaired) electrons. The van der Waals surface area contributed by atoms with Crippen LogP contribution < -0.4 is 24.2 Å². The summed E-state index contributed by atoms with van der Waals surface area (Å²) in [5, 5.41) is 0. The Morgan fingerprint density at radius 2 is 1.64 bits per heavy atom. The molecule has 254 valence electrons. The van der Waals surface area contributed by atoms with Crippen LogP contribution in [-0.4, -0.2) is 74.5 Å². The number of ether oxygens (including phenoxy) is 2. The topological polar surface area (TPSA) is 95.5 Å². The second-order valence-corrected chi connectivity index (χ2v) is 12.1. The van der Waals surface area contributed by atoms with Gasteiger partial charge in [-0.25, -0.2) is 0 Å². The van der Waals surface area contributed by atoms with Gasteiger partial charge in [-0.3, -0.25) is 24.3 Å². The number of amides is 3. The van der Waals surface area contributed by atoms with Gasteiger partial charge >= 0.3 is 0 Å². The first kappa shape index (κ1) is 37.6. The Kier molecular flexibility index (Phi) is 13.0. The highest BCUT2D eigenvalue weighted by Crippen LogP contribution is 2.40. The highest BCUT2D eigenvalue weighted by atomic mass is 35.5. The number of rotatable bonds is 12. The molecule has 2 aliphatic heterocycles. The molecule has 1 aromatic heterocycles. The molecule has 0 bridgehead atoms. The van der Waals surface area contributed by atoms with Crippen LogP contribution in [0.2, 0.25) is 0 Å². The monoisotopic (exact) mass is 685 g/mol. The predicted octanol–water partition coefficient (Wildman–Crippen LogP) is 5.54. The van der Waals surface area contributed by atoms with Crippen molar-refractivity contribution in [1.29, 1.82) is 0 Å². The summed E-state index contributed by atoms with van der Waals surface area (Å²) in [6.07, 6.45) is 5.62. The molecular formula is C35H45Cl2N5O5. The molecule has 0 saturated carbocycles. The van der Waals surface area contributed by atoms with Gasteiger partial charge in [-0.15, -0.1) is 24.8 Å². The lowest BCUT2D eigenvalue weighted by Gasteiger charge is -2.32. The minimum atomic E-state index is -1.16. The summed E-state index contributed by atoms with van der Waals surface area (Å²) >= 11 is 0. The van der Waals surface area contributed by atoms with Gasteiger partial charge < -0.3 is 24.2 Å². The molecule has 0 atom stereocenters. The number of halogens is 2. The van der Waals surface area contributed by atoms with Crippen LogP contribution in [0.5, 0.6) is 11.5 Å². The lowest BCUT2D eigenvalue weighted by molar-refractivity contribution is -0.137. The molecule has 0 fully saturated rings. The van der Waals surface area contributed by atoms with Gasteiger partial charge in [0.25, 0.3) is 0 Å². The molecular weight excluding hydrogens is 641 g/mol. The van der Waals surface area contributed by atoms with Crippen LogP contribution in [-0.2, 0) is 27.3 Å². The molecule has 0 saturated heterocycles. The van der Waals surface area contributed by atoms with Gasteiger partial charge in [0.1, 0.15) is 16.9 Å². The van der Waals surface area contributed by atoms with E-state index in [-0.39, 0.29) is 42.5 Å². The van der Waals surface area contributed by atoms with Crippen molar-refractivity contribution in [2.75, 3.05) is 61.6 Å². The fraction of sp³-hybridized carbons (Fsp3) is 0.429. The molecule has 47 heavy (non-hydrogen) atoms. The quantitative estimate of drug-likeness (QED) is 0.183. The number of hydrogen-bond acceptors (Lipinski definition) is 7. The van der Waals surface area contributed by atoms with Gasteiger partial charge in [-0.2, -0.15) is 0 Å². The van der Waals surface area contributed by atoms with E-state index in [1.165, 1.54) is 0 Å².